The molecule has 0 aromatic heterocycles. The van der Waals surface area contributed by atoms with Crippen molar-refractivity contribution < 1.29 is 9.59 Å². The van der Waals surface area contributed by atoms with Gasteiger partial charge in [-0.05, 0) is 43.2 Å². The van der Waals surface area contributed by atoms with Crippen LogP contribution in [0.3, 0.4) is 0 Å². The monoisotopic (exact) mass is 342 g/mol. The first-order valence-corrected chi connectivity index (χ1v) is 9.40. The molecular formula is C19H26N4O2. The Kier molecular flexibility index (Phi) is 4.51. The number of nitrogens with one attached hydrogen (secondary N) is 2. The average Bonchev–Trinajstić information content (AvgIpc) is 3.25. The van der Waals surface area contributed by atoms with Gasteiger partial charge < -0.3 is 20.4 Å². The molecule has 1 aromatic carbocycles. The van der Waals surface area contributed by atoms with Gasteiger partial charge in [-0.25, -0.2) is 9.59 Å². The zero-order chi connectivity index (χ0) is 17.2. The molecule has 25 heavy (non-hydrogen) atoms. The molecule has 3 fully saturated rings. The van der Waals surface area contributed by atoms with Crippen LogP contribution in [0.15, 0.2) is 24.3 Å². The molecule has 0 spiro atoms. The number of fused-ring (bicyclic) bond motifs is 1. The maximum atomic E-state index is 12.9. The predicted octanol–water partition coefficient (Wildman–Crippen LogP) is 3.01. The molecule has 134 valence electrons. The number of amides is 4. The van der Waals surface area contributed by atoms with Gasteiger partial charge in [-0.1, -0.05) is 24.6 Å². The Labute approximate surface area is 148 Å². The van der Waals surface area contributed by atoms with Gasteiger partial charge in [-0.3, -0.25) is 0 Å². The van der Waals surface area contributed by atoms with E-state index in [1.54, 1.807) is 4.90 Å². The Bertz CT molecular complexity index is 663. The van der Waals surface area contributed by atoms with Gasteiger partial charge in [0.2, 0.25) is 0 Å². The fraction of sp³-hybridized carbons (Fsp3) is 0.579. The average molecular weight is 342 g/mol. The number of para-hydroxylation sites is 1. The Morgan fingerprint density at radius 2 is 2.00 bits per heavy atom. The van der Waals surface area contributed by atoms with Crippen LogP contribution in [0.1, 0.15) is 37.7 Å². The number of likely N-dealkylation sites (tertiary alicyclic amines) is 1. The SMILES string of the molecule is O=C1NCCN1Cc1ccccc1NC(=O)N1CCCC2CCCC21. The van der Waals surface area contributed by atoms with E-state index >= 15 is 0 Å². The Hall–Kier alpha value is -2.24. The molecule has 1 aromatic rings. The van der Waals surface area contributed by atoms with Crippen molar-refractivity contribution in [3.05, 3.63) is 29.8 Å². The lowest BCUT2D eigenvalue weighted by Gasteiger charge is -2.37. The summed E-state index contributed by atoms with van der Waals surface area (Å²) in [5, 5.41) is 5.93. The highest BCUT2D eigenvalue weighted by Crippen LogP contribution is 2.37. The third-order valence-electron chi connectivity index (χ3n) is 5.82. The molecule has 4 rings (SSSR count). The van der Waals surface area contributed by atoms with Gasteiger partial charge in [0.05, 0.1) is 0 Å². The highest BCUT2D eigenvalue weighted by molar-refractivity contribution is 5.90. The van der Waals surface area contributed by atoms with Crippen LogP contribution >= 0.6 is 0 Å². The third kappa shape index (κ3) is 3.30. The topological polar surface area (TPSA) is 64.7 Å². The molecule has 1 saturated carbocycles. The molecule has 2 atom stereocenters. The molecule has 6 heteroatoms. The number of benzene rings is 1. The standard InChI is InChI=1S/C19H26N4O2/c24-18-20-10-12-22(18)13-15-5-1-2-8-16(15)21-19(25)23-11-4-7-14-6-3-9-17(14)23/h1-2,5,8,14,17H,3-4,6-7,9-13H2,(H,20,24)(H,21,25). The van der Waals surface area contributed by atoms with Crippen LogP contribution in [0.25, 0.3) is 0 Å². The number of piperidine rings is 1. The molecule has 0 radical (unpaired) electrons. The van der Waals surface area contributed by atoms with Gasteiger partial charge in [-0.15, -0.1) is 0 Å². The summed E-state index contributed by atoms with van der Waals surface area (Å²) in [5.74, 6) is 0.683. The molecule has 1 aliphatic carbocycles. The van der Waals surface area contributed by atoms with Gasteiger partial charge in [0.15, 0.2) is 0 Å². The highest BCUT2D eigenvalue weighted by atomic mass is 16.2. The largest absolute Gasteiger partial charge is 0.336 e. The van der Waals surface area contributed by atoms with Crippen molar-refractivity contribution in [2.24, 2.45) is 5.92 Å². The second-order valence-corrected chi connectivity index (χ2v) is 7.33. The lowest BCUT2D eigenvalue weighted by Crippen LogP contribution is -2.48. The van der Waals surface area contributed by atoms with Gasteiger partial charge in [0, 0.05) is 37.9 Å². The summed E-state index contributed by atoms with van der Waals surface area (Å²) < 4.78 is 0. The lowest BCUT2D eigenvalue weighted by molar-refractivity contribution is 0.138. The van der Waals surface area contributed by atoms with Crippen LogP contribution in [0.4, 0.5) is 15.3 Å². The van der Waals surface area contributed by atoms with E-state index in [-0.39, 0.29) is 12.1 Å². The predicted molar refractivity (Wildman–Crippen MR) is 96.3 cm³/mol. The summed E-state index contributed by atoms with van der Waals surface area (Å²) in [4.78, 5) is 28.5. The summed E-state index contributed by atoms with van der Waals surface area (Å²) >= 11 is 0. The quantitative estimate of drug-likeness (QED) is 0.887. The van der Waals surface area contributed by atoms with E-state index in [9.17, 15) is 9.59 Å². The van der Waals surface area contributed by atoms with Crippen molar-refractivity contribution in [3.8, 4) is 0 Å². The van der Waals surface area contributed by atoms with E-state index in [0.29, 0.717) is 31.6 Å². The molecule has 2 N–H and O–H groups in total. The van der Waals surface area contributed by atoms with E-state index in [4.69, 9.17) is 0 Å². The molecule has 2 unspecified atom stereocenters. The third-order valence-corrected chi connectivity index (χ3v) is 5.82. The summed E-state index contributed by atoms with van der Waals surface area (Å²) in [7, 11) is 0. The number of anilines is 1. The van der Waals surface area contributed by atoms with Crippen molar-refractivity contribution in [2.75, 3.05) is 25.0 Å². The Morgan fingerprint density at radius 1 is 1.16 bits per heavy atom. The minimum Gasteiger partial charge on any atom is -0.336 e. The maximum Gasteiger partial charge on any atom is 0.322 e. The summed E-state index contributed by atoms with van der Waals surface area (Å²) in [5.41, 5.74) is 1.79. The fourth-order valence-electron chi connectivity index (χ4n) is 4.54. The van der Waals surface area contributed by atoms with Crippen molar-refractivity contribution in [1.82, 2.24) is 15.1 Å². The first kappa shape index (κ1) is 16.2. The van der Waals surface area contributed by atoms with Crippen LogP contribution < -0.4 is 10.6 Å². The number of urea groups is 2. The van der Waals surface area contributed by atoms with Crippen molar-refractivity contribution in [3.63, 3.8) is 0 Å². The van der Waals surface area contributed by atoms with Crippen LogP contribution in [-0.4, -0.2) is 47.5 Å². The van der Waals surface area contributed by atoms with E-state index < -0.39 is 0 Å². The van der Waals surface area contributed by atoms with E-state index in [1.165, 1.54) is 19.3 Å². The molecule has 6 nitrogen and oxygen atoms in total. The first-order valence-electron chi connectivity index (χ1n) is 9.40. The van der Waals surface area contributed by atoms with Gasteiger partial charge in [0.1, 0.15) is 0 Å². The molecule has 2 saturated heterocycles. The Balaban J connectivity index is 1.46. The number of carbonyl (C=O) groups excluding carboxylic acids is 2. The number of hydrogen-bond acceptors (Lipinski definition) is 2. The zero-order valence-corrected chi connectivity index (χ0v) is 14.5. The van der Waals surface area contributed by atoms with Crippen LogP contribution in [0, 0.1) is 5.92 Å². The van der Waals surface area contributed by atoms with Crippen LogP contribution in [-0.2, 0) is 6.54 Å². The van der Waals surface area contributed by atoms with Crippen LogP contribution in [0.5, 0.6) is 0 Å². The summed E-state index contributed by atoms with van der Waals surface area (Å²) in [6, 6.07) is 8.17. The number of nitrogens with zero attached hydrogens (tertiary/aromatic N) is 2. The van der Waals surface area contributed by atoms with Crippen molar-refractivity contribution in [2.45, 2.75) is 44.7 Å². The zero-order valence-electron chi connectivity index (χ0n) is 14.5. The van der Waals surface area contributed by atoms with Gasteiger partial charge >= 0.3 is 12.1 Å². The molecule has 2 aliphatic heterocycles. The van der Waals surface area contributed by atoms with E-state index in [1.807, 2.05) is 29.2 Å². The molecule has 2 heterocycles. The second kappa shape index (κ2) is 6.94. The Morgan fingerprint density at radius 3 is 2.84 bits per heavy atom. The lowest BCUT2D eigenvalue weighted by atomic mass is 9.92. The maximum absolute atomic E-state index is 12.9. The molecule has 3 aliphatic rings. The summed E-state index contributed by atoms with van der Waals surface area (Å²) in [6.45, 7) is 2.76. The highest BCUT2D eigenvalue weighted by Gasteiger charge is 2.37. The normalized spacial score (nSPS) is 25.7. The van der Waals surface area contributed by atoms with Crippen LogP contribution in [0.2, 0.25) is 0 Å². The molecule has 0 bridgehead atoms. The number of carbonyl (C=O) groups is 2. The van der Waals surface area contributed by atoms with Gasteiger partial charge in [-0.2, -0.15) is 0 Å². The molecule has 4 amide bonds. The van der Waals surface area contributed by atoms with Gasteiger partial charge in [0.25, 0.3) is 0 Å². The molecular weight excluding hydrogens is 316 g/mol. The first-order chi connectivity index (χ1) is 12.2. The van der Waals surface area contributed by atoms with Crippen molar-refractivity contribution >= 4 is 17.7 Å². The van der Waals surface area contributed by atoms with Crippen molar-refractivity contribution in [1.29, 1.82) is 0 Å². The van der Waals surface area contributed by atoms with E-state index in [0.717, 1.165) is 30.6 Å². The number of hydrogen-bond donors (Lipinski definition) is 2. The van der Waals surface area contributed by atoms with E-state index in [2.05, 4.69) is 10.6 Å². The second-order valence-electron chi connectivity index (χ2n) is 7.33. The minimum atomic E-state index is -0.0362. The minimum absolute atomic E-state index is 0.00919. The summed E-state index contributed by atoms with van der Waals surface area (Å²) in [6.07, 6.45) is 5.99. The fourth-order valence-corrected chi connectivity index (χ4v) is 4.54. The smallest absolute Gasteiger partial charge is 0.322 e. The number of rotatable bonds is 3.